The second kappa shape index (κ2) is 8.05. The van der Waals surface area contributed by atoms with E-state index < -0.39 is 5.92 Å². The molecular weight excluding hydrogens is 449 g/mol. The molecule has 9 heteroatoms. The molecule has 0 radical (unpaired) electrons. The summed E-state index contributed by atoms with van der Waals surface area (Å²) < 4.78 is 7.35. The molecule has 1 saturated heterocycles. The molecule has 0 bridgehead atoms. The lowest BCUT2D eigenvalue weighted by molar-refractivity contribution is -0.135. The molecule has 0 saturated carbocycles. The van der Waals surface area contributed by atoms with Gasteiger partial charge in [-0.15, -0.1) is 0 Å². The molecule has 2 aliphatic heterocycles. The Morgan fingerprint density at radius 2 is 1.91 bits per heavy atom. The van der Waals surface area contributed by atoms with Crippen molar-refractivity contribution >= 4 is 40.6 Å². The summed E-state index contributed by atoms with van der Waals surface area (Å²) in [6, 6.07) is 8.79. The number of fused-ring (bicyclic) bond motifs is 1. The summed E-state index contributed by atoms with van der Waals surface area (Å²) in [6.45, 7) is 6.37. The van der Waals surface area contributed by atoms with Crippen molar-refractivity contribution in [2.45, 2.75) is 45.7 Å². The number of nitrogens with zero attached hydrogens (tertiary/aromatic N) is 5. The average Bonchev–Trinajstić information content (AvgIpc) is 3.47. The Kier molecular flexibility index (Phi) is 5.34. The molecule has 5 rings (SSSR count). The molecule has 1 unspecified atom stereocenters. The molecule has 1 fully saturated rings. The molecule has 0 N–H and O–H groups in total. The molecule has 2 aliphatic rings. The van der Waals surface area contributed by atoms with Gasteiger partial charge in [0.15, 0.2) is 11.6 Å². The number of hydrogen-bond acceptors (Lipinski definition) is 5. The number of benzene rings is 1. The normalized spacial score (nSPS) is 22.7. The van der Waals surface area contributed by atoms with Crippen molar-refractivity contribution in [1.29, 1.82) is 0 Å². The fourth-order valence-corrected chi connectivity index (χ4v) is 5.11. The average molecular weight is 472 g/mol. The number of carbonyl (C=O) groups is 1. The van der Waals surface area contributed by atoms with Gasteiger partial charge >= 0.3 is 0 Å². The van der Waals surface area contributed by atoms with E-state index >= 15 is 0 Å². The smallest absolute Gasteiger partial charge is 0.234 e. The predicted octanol–water partition coefficient (Wildman–Crippen LogP) is 5.47. The fraction of sp³-hybridized carbons (Fsp3) is 0.391. The lowest BCUT2D eigenvalue weighted by Crippen LogP contribution is -2.44. The molecule has 3 aromatic rings. The van der Waals surface area contributed by atoms with Crippen LogP contribution >= 0.6 is 23.2 Å². The highest BCUT2D eigenvalue weighted by Crippen LogP contribution is 2.42. The Balaban J connectivity index is 1.58. The summed E-state index contributed by atoms with van der Waals surface area (Å²) in [5.41, 5.74) is 3.26. The Labute approximate surface area is 196 Å². The van der Waals surface area contributed by atoms with Crippen LogP contribution in [-0.4, -0.2) is 38.0 Å². The third-order valence-electron chi connectivity index (χ3n) is 6.22. The summed E-state index contributed by atoms with van der Waals surface area (Å²) in [6.07, 6.45) is 1.75. The third kappa shape index (κ3) is 3.53. The van der Waals surface area contributed by atoms with Crippen LogP contribution in [0.4, 0.5) is 5.82 Å². The van der Waals surface area contributed by atoms with Crippen molar-refractivity contribution in [3.05, 3.63) is 63.1 Å². The van der Waals surface area contributed by atoms with E-state index in [-0.39, 0.29) is 18.0 Å². The third-order valence-corrected chi connectivity index (χ3v) is 6.96. The summed E-state index contributed by atoms with van der Waals surface area (Å²) in [5, 5.41) is 9.60. The number of aromatic nitrogens is 3. The first-order valence-electron chi connectivity index (χ1n) is 10.6. The molecule has 0 spiro atoms. The first kappa shape index (κ1) is 21.2. The summed E-state index contributed by atoms with van der Waals surface area (Å²) in [7, 11) is 0. The zero-order valence-electron chi connectivity index (χ0n) is 18.0. The van der Waals surface area contributed by atoms with E-state index in [2.05, 4.69) is 10.3 Å². The number of halogens is 2. The molecule has 4 heterocycles. The highest BCUT2D eigenvalue weighted by Gasteiger charge is 2.44. The van der Waals surface area contributed by atoms with Gasteiger partial charge in [0.1, 0.15) is 5.92 Å². The molecule has 1 amide bonds. The number of rotatable bonds is 3. The maximum Gasteiger partial charge on any atom is 0.234 e. The quantitative estimate of drug-likeness (QED) is 0.507. The van der Waals surface area contributed by atoms with E-state index in [9.17, 15) is 4.79 Å². The van der Waals surface area contributed by atoms with Crippen LogP contribution in [0.25, 0.3) is 0 Å². The number of amides is 1. The van der Waals surface area contributed by atoms with Gasteiger partial charge in [0.25, 0.3) is 0 Å². The Bertz CT molecular complexity index is 1230. The number of aliphatic imine (C=N–C) groups is 1. The van der Waals surface area contributed by atoms with Crippen molar-refractivity contribution in [1.82, 2.24) is 19.8 Å². The van der Waals surface area contributed by atoms with Crippen LogP contribution in [0, 0.1) is 19.8 Å². The Morgan fingerprint density at radius 1 is 1.09 bits per heavy atom. The molecule has 3 atom stereocenters. The molecular formula is C23H23Cl2N5O2. The molecule has 2 aromatic heterocycles. The van der Waals surface area contributed by atoms with Crippen LogP contribution in [0.15, 0.2) is 39.8 Å². The topological polar surface area (TPSA) is 76.5 Å². The fourth-order valence-electron chi connectivity index (χ4n) is 4.80. The first-order chi connectivity index (χ1) is 15.3. The number of likely N-dealkylation sites (tertiary alicyclic amines) is 1. The van der Waals surface area contributed by atoms with Crippen LogP contribution in [-0.2, 0) is 4.79 Å². The highest BCUT2D eigenvalue weighted by molar-refractivity contribution is 6.42. The summed E-state index contributed by atoms with van der Waals surface area (Å²) in [4.78, 5) is 20.7. The van der Waals surface area contributed by atoms with Gasteiger partial charge in [-0.25, -0.2) is 9.67 Å². The second-order valence-electron chi connectivity index (χ2n) is 8.50. The standard InChI is InChI=1S/C23H23Cl2N5O2/c1-12-10-20-26-14(3)21(22(30(20)27-12)15-6-7-16(24)17(25)11-15)23(31)29-8-4-5-18(29)19-9-13(2)28-32-19/h6-7,9-11,18,21-22H,4-5,8H2,1-3H3/t18-,21?,22+/m0/s1. The summed E-state index contributed by atoms with van der Waals surface area (Å²) in [5.74, 6) is 0.922. The largest absolute Gasteiger partial charge is 0.359 e. The van der Waals surface area contributed by atoms with Crippen LogP contribution < -0.4 is 0 Å². The van der Waals surface area contributed by atoms with E-state index in [0.717, 1.165) is 47.1 Å². The maximum absolute atomic E-state index is 14.0. The highest BCUT2D eigenvalue weighted by atomic mass is 35.5. The van der Waals surface area contributed by atoms with Gasteiger partial charge in [-0.2, -0.15) is 5.10 Å². The van der Waals surface area contributed by atoms with E-state index in [4.69, 9.17) is 32.7 Å². The van der Waals surface area contributed by atoms with E-state index in [1.807, 2.05) is 54.6 Å². The van der Waals surface area contributed by atoms with Gasteiger partial charge < -0.3 is 9.42 Å². The number of carbonyl (C=O) groups excluding carboxylic acids is 1. The van der Waals surface area contributed by atoms with E-state index in [1.54, 1.807) is 6.07 Å². The molecule has 7 nitrogen and oxygen atoms in total. The van der Waals surface area contributed by atoms with Crippen LogP contribution in [0.1, 0.15) is 54.6 Å². The van der Waals surface area contributed by atoms with Gasteiger partial charge in [-0.05, 0) is 51.3 Å². The monoisotopic (exact) mass is 471 g/mol. The lowest BCUT2D eigenvalue weighted by atomic mass is 9.86. The van der Waals surface area contributed by atoms with Gasteiger partial charge in [-0.3, -0.25) is 4.79 Å². The number of aryl methyl sites for hydroxylation is 2. The molecule has 0 aliphatic carbocycles. The van der Waals surface area contributed by atoms with Crippen LogP contribution in [0.3, 0.4) is 0 Å². The van der Waals surface area contributed by atoms with Crippen LogP contribution in [0.5, 0.6) is 0 Å². The van der Waals surface area contributed by atoms with Crippen molar-refractivity contribution in [3.8, 4) is 0 Å². The Morgan fingerprint density at radius 3 is 2.62 bits per heavy atom. The van der Waals surface area contributed by atoms with E-state index in [1.165, 1.54) is 0 Å². The molecule has 32 heavy (non-hydrogen) atoms. The minimum absolute atomic E-state index is 0.00215. The minimum Gasteiger partial charge on any atom is -0.359 e. The minimum atomic E-state index is -0.524. The summed E-state index contributed by atoms with van der Waals surface area (Å²) >= 11 is 12.5. The SMILES string of the molecule is CC1=Nc2cc(C)nn2[C@H](c2ccc(Cl)c(Cl)c2)C1C(=O)N1CCC[C@H]1c1cc(C)no1. The van der Waals surface area contributed by atoms with Crippen molar-refractivity contribution < 1.29 is 9.32 Å². The van der Waals surface area contributed by atoms with E-state index in [0.29, 0.717) is 16.6 Å². The lowest BCUT2D eigenvalue weighted by Gasteiger charge is -2.35. The number of hydrogen-bond donors (Lipinski definition) is 0. The van der Waals surface area contributed by atoms with Gasteiger partial charge in [0.2, 0.25) is 5.91 Å². The predicted molar refractivity (Wildman–Crippen MR) is 123 cm³/mol. The molecule has 1 aromatic carbocycles. The first-order valence-corrected chi connectivity index (χ1v) is 11.4. The van der Waals surface area contributed by atoms with Crippen molar-refractivity contribution in [2.75, 3.05) is 6.54 Å². The molecule has 166 valence electrons. The van der Waals surface area contributed by atoms with Crippen LogP contribution in [0.2, 0.25) is 10.0 Å². The van der Waals surface area contributed by atoms with Gasteiger partial charge in [0.05, 0.1) is 33.5 Å². The van der Waals surface area contributed by atoms with Crippen molar-refractivity contribution in [3.63, 3.8) is 0 Å². The van der Waals surface area contributed by atoms with Gasteiger partial charge in [-0.1, -0.05) is 34.4 Å². The zero-order chi connectivity index (χ0) is 22.6. The second-order valence-corrected chi connectivity index (χ2v) is 9.31. The van der Waals surface area contributed by atoms with Crippen molar-refractivity contribution in [2.24, 2.45) is 10.9 Å². The zero-order valence-corrected chi connectivity index (χ0v) is 19.6. The van der Waals surface area contributed by atoms with Gasteiger partial charge in [0, 0.05) is 24.4 Å². The Hall–Kier alpha value is -2.64. The maximum atomic E-state index is 14.0.